The van der Waals surface area contributed by atoms with Crippen molar-refractivity contribution in [1.29, 1.82) is 0 Å². The van der Waals surface area contributed by atoms with E-state index >= 15 is 0 Å². The summed E-state index contributed by atoms with van der Waals surface area (Å²) in [4.78, 5) is 20.0. The second-order valence-electron chi connectivity index (χ2n) is 10.0. The van der Waals surface area contributed by atoms with Crippen molar-refractivity contribution in [2.45, 2.75) is 51.9 Å². The molecule has 4 rings (SSSR count). The molecule has 0 atom stereocenters. The molecular weight excluding hydrogens is 412 g/mol. The number of pyridine rings is 1. The molecule has 6 heteroatoms. The van der Waals surface area contributed by atoms with E-state index < -0.39 is 0 Å². The number of aromatic nitrogens is 3. The lowest BCUT2D eigenvalue weighted by atomic mass is 9.90. The van der Waals surface area contributed by atoms with Crippen molar-refractivity contribution >= 4 is 5.91 Å². The number of hydrogen-bond donors (Lipinski definition) is 0. The number of methoxy groups -OCH3 is 1. The highest BCUT2D eigenvalue weighted by Crippen LogP contribution is 2.32. The minimum atomic E-state index is -0.0827. The lowest BCUT2D eigenvalue weighted by molar-refractivity contribution is 0.0701. The highest BCUT2D eigenvalue weighted by Gasteiger charge is 2.29. The molecule has 6 nitrogen and oxygen atoms in total. The third-order valence-corrected chi connectivity index (χ3v) is 6.44. The molecule has 0 N–H and O–H groups in total. The molecule has 0 aliphatic carbocycles. The first kappa shape index (κ1) is 23.0. The van der Waals surface area contributed by atoms with Gasteiger partial charge >= 0.3 is 0 Å². The Labute approximate surface area is 196 Å². The number of likely N-dealkylation sites (tertiary alicyclic amines) is 1. The van der Waals surface area contributed by atoms with Crippen LogP contribution in [-0.2, 0) is 12.5 Å². The first-order chi connectivity index (χ1) is 15.7. The maximum absolute atomic E-state index is 13.2. The van der Waals surface area contributed by atoms with Gasteiger partial charge in [0.05, 0.1) is 12.8 Å². The maximum atomic E-state index is 13.2. The maximum Gasteiger partial charge on any atom is 0.272 e. The largest absolute Gasteiger partial charge is 0.497 e. The van der Waals surface area contributed by atoms with Gasteiger partial charge in [0.15, 0.2) is 0 Å². The summed E-state index contributed by atoms with van der Waals surface area (Å²) in [6, 6.07) is 14.4. The molecule has 33 heavy (non-hydrogen) atoms. The standard InChI is InChI=1S/C27H34N4O2/c1-18-14-21(20-8-7-9-22(15-20)33-6)16-23(28-18)19-10-12-31(13-11-19)26(32)24-17-25(27(2,3)4)29-30(24)5/h7-9,14-17,19H,10-13H2,1-6H3. The Bertz CT molecular complexity index is 1150. The van der Waals surface area contributed by atoms with Gasteiger partial charge in [0.25, 0.3) is 5.91 Å². The second-order valence-corrected chi connectivity index (χ2v) is 10.0. The normalized spacial score (nSPS) is 15.0. The number of hydrogen-bond acceptors (Lipinski definition) is 4. The van der Waals surface area contributed by atoms with Gasteiger partial charge in [-0.2, -0.15) is 5.10 Å². The quantitative estimate of drug-likeness (QED) is 0.558. The topological polar surface area (TPSA) is 60.2 Å². The van der Waals surface area contributed by atoms with Crippen LogP contribution in [0.2, 0.25) is 0 Å². The van der Waals surface area contributed by atoms with Gasteiger partial charge in [-0.15, -0.1) is 0 Å². The molecule has 174 valence electrons. The fourth-order valence-electron chi connectivity index (χ4n) is 4.45. The summed E-state index contributed by atoms with van der Waals surface area (Å²) in [5.74, 6) is 1.25. The number of piperidine rings is 1. The summed E-state index contributed by atoms with van der Waals surface area (Å²) in [5, 5.41) is 4.57. The minimum Gasteiger partial charge on any atom is -0.497 e. The average molecular weight is 447 g/mol. The van der Waals surface area contributed by atoms with E-state index in [0.717, 1.165) is 59.9 Å². The molecule has 0 radical (unpaired) electrons. The summed E-state index contributed by atoms with van der Waals surface area (Å²) < 4.78 is 7.11. The zero-order valence-corrected chi connectivity index (χ0v) is 20.6. The summed E-state index contributed by atoms with van der Waals surface area (Å²) in [5.41, 5.74) is 5.91. The van der Waals surface area contributed by atoms with Crippen LogP contribution >= 0.6 is 0 Å². The Kier molecular flexibility index (Phi) is 6.28. The summed E-state index contributed by atoms with van der Waals surface area (Å²) >= 11 is 0. The van der Waals surface area contributed by atoms with Crippen LogP contribution in [0.1, 0.15) is 67.1 Å². The lowest BCUT2D eigenvalue weighted by Crippen LogP contribution is -2.38. The third-order valence-electron chi connectivity index (χ3n) is 6.44. The van der Waals surface area contributed by atoms with Crippen molar-refractivity contribution in [2.24, 2.45) is 7.05 Å². The first-order valence-electron chi connectivity index (χ1n) is 11.6. The zero-order chi connectivity index (χ0) is 23.8. The van der Waals surface area contributed by atoms with Crippen LogP contribution in [-0.4, -0.2) is 45.8 Å². The fourth-order valence-corrected chi connectivity index (χ4v) is 4.45. The Balaban J connectivity index is 1.49. The van der Waals surface area contributed by atoms with Crippen molar-refractivity contribution in [1.82, 2.24) is 19.7 Å². The number of nitrogens with zero attached hydrogens (tertiary/aromatic N) is 4. The molecule has 0 unspecified atom stereocenters. The van der Waals surface area contributed by atoms with Crippen LogP contribution in [0, 0.1) is 6.92 Å². The molecule has 1 aliphatic rings. The molecule has 0 bridgehead atoms. The van der Waals surface area contributed by atoms with E-state index in [2.05, 4.69) is 50.1 Å². The van der Waals surface area contributed by atoms with Gasteiger partial charge in [-0.25, -0.2) is 0 Å². The second kappa shape index (κ2) is 9.00. The van der Waals surface area contributed by atoms with Crippen molar-refractivity contribution in [2.75, 3.05) is 20.2 Å². The SMILES string of the molecule is COc1cccc(-c2cc(C)nc(C3CCN(C(=O)c4cc(C(C)(C)C)nn4C)CC3)c2)c1. The molecule has 2 aromatic heterocycles. The van der Waals surface area contributed by atoms with Gasteiger partial charge in [0.2, 0.25) is 0 Å². The van der Waals surface area contributed by atoms with Crippen LogP contribution in [0.3, 0.4) is 0 Å². The van der Waals surface area contributed by atoms with Gasteiger partial charge < -0.3 is 9.64 Å². The highest BCUT2D eigenvalue weighted by atomic mass is 16.5. The monoisotopic (exact) mass is 446 g/mol. The Morgan fingerprint density at radius 3 is 2.42 bits per heavy atom. The van der Waals surface area contributed by atoms with E-state index in [4.69, 9.17) is 9.72 Å². The molecule has 1 aliphatic heterocycles. The van der Waals surface area contributed by atoms with Gasteiger partial charge in [-0.05, 0) is 61.2 Å². The fraction of sp³-hybridized carbons (Fsp3) is 0.444. The Morgan fingerprint density at radius 2 is 1.79 bits per heavy atom. The van der Waals surface area contributed by atoms with E-state index in [9.17, 15) is 4.79 Å². The lowest BCUT2D eigenvalue weighted by Gasteiger charge is -2.32. The number of rotatable bonds is 4. The predicted molar refractivity (Wildman–Crippen MR) is 131 cm³/mol. The molecule has 1 saturated heterocycles. The van der Waals surface area contributed by atoms with E-state index in [1.54, 1.807) is 11.8 Å². The molecule has 1 aromatic carbocycles. The van der Waals surface area contributed by atoms with Gasteiger partial charge in [0.1, 0.15) is 11.4 Å². The summed E-state index contributed by atoms with van der Waals surface area (Å²) in [6.45, 7) is 9.84. The molecule has 3 aromatic rings. The summed E-state index contributed by atoms with van der Waals surface area (Å²) in [6.07, 6.45) is 1.81. The van der Waals surface area contributed by atoms with E-state index in [0.29, 0.717) is 11.6 Å². The van der Waals surface area contributed by atoms with Crippen LogP contribution in [0.15, 0.2) is 42.5 Å². The Morgan fingerprint density at radius 1 is 1.06 bits per heavy atom. The zero-order valence-electron chi connectivity index (χ0n) is 20.6. The number of aryl methyl sites for hydroxylation is 2. The smallest absolute Gasteiger partial charge is 0.272 e. The number of amides is 1. The predicted octanol–water partition coefficient (Wildman–Crippen LogP) is 5.12. The molecule has 3 heterocycles. The van der Waals surface area contributed by atoms with E-state index in [1.165, 1.54) is 0 Å². The van der Waals surface area contributed by atoms with Crippen LogP contribution < -0.4 is 4.74 Å². The molecular formula is C27H34N4O2. The molecule has 1 fully saturated rings. The number of carbonyl (C=O) groups is 1. The first-order valence-corrected chi connectivity index (χ1v) is 11.6. The Hall–Kier alpha value is -3.15. The van der Waals surface area contributed by atoms with Gasteiger partial charge in [-0.1, -0.05) is 32.9 Å². The average Bonchev–Trinajstić information content (AvgIpc) is 3.20. The van der Waals surface area contributed by atoms with Crippen molar-refractivity contribution in [3.05, 3.63) is 65.2 Å². The van der Waals surface area contributed by atoms with Crippen molar-refractivity contribution < 1.29 is 9.53 Å². The van der Waals surface area contributed by atoms with E-state index in [-0.39, 0.29) is 11.3 Å². The van der Waals surface area contributed by atoms with Gasteiger partial charge in [0, 0.05) is 42.9 Å². The number of benzene rings is 1. The van der Waals surface area contributed by atoms with Gasteiger partial charge in [-0.3, -0.25) is 14.5 Å². The van der Waals surface area contributed by atoms with Crippen LogP contribution in [0.4, 0.5) is 0 Å². The molecule has 1 amide bonds. The van der Waals surface area contributed by atoms with Crippen molar-refractivity contribution in [3.63, 3.8) is 0 Å². The van der Waals surface area contributed by atoms with Crippen LogP contribution in [0.25, 0.3) is 11.1 Å². The number of carbonyl (C=O) groups excluding carboxylic acids is 1. The molecule has 0 saturated carbocycles. The highest BCUT2D eigenvalue weighted by molar-refractivity contribution is 5.92. The third kappa shape index (κ3) is 4.95. The van der Waals surface area contributed by atoms with E-state index in [1.807, 2.05) is 37.1 Å². The number of ether oxygens (including phenoxy) is 1. The molecule has 0 spiro atoms. The van der Waals surface area contributed by atoms with Crippen molar-refractivity contribution in [3.8, 4) is 16.9 Å². The minimum absolute atomic E-state index is 0.0632. The van der Waals surface area contributed by atoms with Crippen LogP contribution in [0.5, 0.6) is 5.75 Å². The summed E-state index contributed by atoms with van der Waals surface area (Å²) in [7, 11) is 3.54.